The van der Waals surface area contributed by atoms with Gasteiger partial charge in [-0.25, -0.2) is 0 Å². The number of hydrogen-bond acceptors (Lipinski definition) is 3. The van der Waals surface area contributed by atoms with Gasteiger partial charge in [-0.15, -0.1) is 0 Å². The molecule has 3 nitrogen and oxygen atoms in total. The normalized spacial score (nSPS) is 23.0. The molecule has 1 aromatic rings. The van der Waals surface area contributed by atoms with Crippen LogP contribution in [-0.2, 0) is 5.41 Å². The number of ether oxygens (including phenoxy) is 1. The fourth-order valence-electron chi connectivity index (χ4n) is 1.91. The van der Waals surface area contributed by atoms with Crippen LogP contribution in [0, 0.1) is 11.3 Å². The summed E-state index contributed by atoms with van der Waals surface area (Å²) in [5.41, 5.74) is 2.36. The molecule has 0 bridgehead atoms. The summed E-state index contributed by atoms with van der Waals surface area (Å²) >= 11 is 0. The molecule has 0 radical (unpaired) electrons. The maximum atomic E-state index is 8.96. The first-order chi connectivity index (χ1) is 7.91. The van der Waals surface area contributed by atoms with Gasteiger partial charge < -0.3 is 10.1 Å². The Morgan fingerprint density at radius 2 is 2.06 bits per heavy atom. The van der Waals surface area contributed by atoms with Crippen LogP contribution in [-0.4, -0.2) is 12.1 Å². The Morgan fingerprint density at radius 3 is 2.65 bits per heavy atom. The van der Waals surface area contributed by atoms with Crippen LogP contribution in [0.15, 0.2) is 18.2 Å². The third-order valence-corrected chi connectivity index (χ3v) is 3.06. The van der Waals surface area contributed by atoms with Crippen molar-refractivity contribution in [3.05, 3.63) is 23.8 Å². The zero-order chi connectivity index (χ0) is 12.6. The summed E-state index contributed by atoms with van der Waals surface area (Å²) < 4.78 is 5.64. The molecule has 3 heteroatoms. The lowest BCUT2D eigenvalue weighted by Crippen LogP contribution is -2.38. The lowest BCUT2D eigenvalue weighted by atomic mass is 9.86. The highest BCUT2D eigenvalue weighted by molar-refractivity contribution is 5.61. The van der Waals surface area contributed by atoms with Crippen LogP contribution < -0.4 is 10.1 Å². The third-order valence-electron chi connectivity index (χ3n) is 3.06. The Morgan fingerprint density at radius 1 is 1.35 bits per heavy atom. The average Bonchev–Trinajstić information content (AvgIpc) is 2.26. The van der Waals surface area contributed by atoms with Gasteiger partial charge >= 0.3 is 0 Å². The number of hydrogen-bond donors (Lipinski definition) is 1. The van der Waals surface area contributed by atoms with Crippen molar-refractivity contribution in [3.63, 3.8) is 0 Å². The van der Waals surface area contributed by atoms with Crippen molar-refractivity contribution >= 4 is 5.69 Å². The number of fused-ring (bicyclic) bond motifs is 1. The fourth-order valence-corrected chi connectivity index (χ4v) is 1.91. The molecule has 0 amide bonds. The first-order valence-corrected chi connectivity index (χ1v) is 5.89. The highest BCUT2D eigenvalue weighted by atomic mass is 16.5. The van der Waals surface area contributed by atoms with E-state index in [-0.39, 0.29) is 11.5 Å². The van der Waals surface area contributed by atoms with Crippen LogP contribution in [0.1, 0.15) is 33.3 Å². The predicted octanol–water partition coefficient (Wildman–Crippen LogP) is 3.07. The molecule has 0 fully saturated rings. The lowest BCUT2D eigenvalue weighted by Gasteiger charge is -2.30. The monoisotopic (exact) mass is 230 g/mol. The van der Waals surface area contributed by atoms with Gasteiger partial charge in [0.2, 0.25) is 6.10 Å². The first kappa shape index (κ1) is 11.8. The smallest absolute Gasteiger partial charge is 0.204 e. The van der Waals surface area contributed by atoms with E-state index in [0.29, 0.717) is 0 Å². The zero-order valence-electron chi connectivity index (χ0n) is 10.7. The Bertz CT molecular complexity index is 468. The minimum atomic E-state index is -0.414. The molecule has 2 atom stereocenters. The number of nitrogens with zero attached hydrogens (tertiary/aromatic N) is 1. The van der Waals surface area contributed by atoms with Crippen molar-refractivity contribution < 1.29 is 4.74 Å². The molecule has 1 aliphatic rings. The van der Waals surface area contributed by atoms with Crippen molar-refractivity contribution in [3.8, 4) is 11.8 Å². The van der Waals surface area contributed by atoms with Crippen LogP contribution in [0.3, 0.4) is 0 Å². The van der Waals surface area contributed by atoms with Crippen molar-refractivity contribution in [2.45, 2.75) is 45.3 Å². The number of anilines is 1. The second kappa shape index (κ2) is 3.96. The van der Waals surface area contributed by atoms with Gasteiger partial charge in [-0.1, -0.05) is 26.8 Å². The Labute approximate surface area is 102 Å². The quantitative estimate of drug-likeness (QED) is 0.745. The van der Waals surface area contributed by atoms with Crippen molar-refractivity contribution in [2.75, 3.05) is 5.32 Å². The van der Waals surface area contributed by atoms with E-state index in [1.807, 2.05) is 13.0 Å². The van der Waals surface area contributed by atoms with Gasteiger partial charge in [0, 0.05) is 0 Å². The predicted molar refractivity (Wildman–Crippen MR) is 68.3 cm³/mol. The summed E-state index contributed by atoms with van der Waals surface area (Å²) in [5.74, 6) is 0.766. The van der Waals surface area contributed by atoms with E-state index in [0.717, 1.165) is 11.4 Å². The maximum Gasteiger partial charge on any atom is 0.204 e. The van der Waals surface area contributed by atoms with Gasteiger partial charge in [0.1, 0.15) is 11.8 Å². The van der Waals surface area contributed by atoms with E-state index in [9.17, 15) is 0 Å². The van der Waals surface area contributed by atoms with E-state index < -0.39 is 6.10 Å². The van der Waals surface area contributed by atoms with Gasteiger partial charge in [-0.3, -0.25) is 0 Å². The summed E-state index contributed by atoms with van der Waals surface area (Å²) in [5, 5.41) is 12.3. The van der Waals surface area contributed by atoms with E-state index in [4.69, 9.17) is 10.00 Å². The second-order valence-electron chi connectivity index (χ2n) is 5.56. The minimum Gasteiger partial charge on any atom is -0.471 e. The summed E-state index contributed by atoms with van der Waals surface area (Å²) in [6.07, 6.45) is -0.414. The molecule has 0 saturated carbocycles. The standard InChI is InChI=1S/C14H18N2O/c1-9-13(8-15)17-12-6-5-10(14(2,3)4)7-11(12)16-9/h5-7,9,13,16H,1-4H3. The second-order valence-corrected chi connectivity index (χ2v) is 5.56. The number of rotatable bonds is 0. The zero-order valence-corrected chi connectivity index (χ0v) is 10.7. The summed E-state index contributed by atoms with van der Waals surface area (Å²) in [7, 11) is 0. The van der Waals surface area contributed by atoms with E-state index >= 15 is 0 Å². The van der Waals surface area contributed by atoms with Crippen LogP contribution in [0.2, 0.25) is 0 Å². The molecule has 2 unspecified atom stereocenters. The Hall–Kier alpha value is -1.69. The van der Waals surface area contributed by atoms with Gasteiger partial charge in [0.25, 0.3) is 0 Å². The largest absolute Gasteiger partial charge is 0.471 e. The number of benzene rings is 1. The average molecular weight is 230 g/mol. The van der Waals surface area contributed by atoms with Crippen LogP contribution in [0.5, 0.6) is 5.75 Å². The van der Waals surface area contributed by atoms with E-state index in [2.05, 4.69) is 44.3 Å². The lowest BCUT2D eigenvalue weighted by molar-refractivity contribution is 0.227. The van der Waals surface area contributed by atoms with Gasteiger partial charge in [0.05, 0.1) is 11.7 Å². The van der Waals surface area contributed by atoms with Gasteiger partial charge in [-0.05, 0) is 30.0 Å². The molecule has 17 heavy (non-hydrogen) atoms. The van der Waals surface area contributed by atoms with Gasteiger partial charge in [-0.2, -0.15) is 5.26 Å². The SMILES string of the molecule is CC1Nc2cc(C(C)(C)C)ccc2OC1C#N. The van der Waals surface area contributed by atoms with E-state index in [1.165, 1.54) is 5.56 Å². The Kier molecular flexibility index (Phi) is 2.74. The number of nitrogens with one attached hydrogen (secondary N) is 1. The van der Waals surface area contributed by atoms with Crippen molar-refractivity contribution in [1.82, 2.24) is 0 Å². The highest BCUT2D eigenvalue weighted by Gasteiger charge is 2.27. The molecular weight excluding hydrogens is 212 g/mol. The number of nitriles is 1. The molecular formula is C14H18N2O. The summed E-state index contributed by atoms with van der Waals surface area (Å²) in [6, 6.07) is 8.29. The fraction of sp³-hybridized carbons (Fsp3) is 0.500. The molecule has 2 rings (SSSR count). The summed E-state index contributed by atoms with van der Waals surface area (Å²) in [6.45, 7) is 8.50. The molecule has 1 aliphatic heterocycles. The maximum absolute atomic E-state index is 8.96. The minimum absolute atomic E-state index is 0.0164. The molecule has 1 heterocycles. The first-order valence-electron chi connectivity index (χ1n) is 5.89. The molecule has 0 saturated heterocycles. The molecule has 0 aromatic heterocycles. The van der Waals surface area contributed by atoms with Gasteiger partial charge in [0.15, 0.2) is 0 Å². The van der Waals surface area contributed by atoms with Crippen molar-refractivity contribution in [2.24, 2.45) is 0 Å². The molecule has 0 aliphatic carbocycles. The van der Waals surface area contributed by atoms with Crippen molar-refractivity contribution in [1.29, 1.82) is 5.26 Å². The van der Waals surface area contributed by atoms with E-state index in [1.54, 1.807) is 0 Å². The van der Waals surface area contributed by atoms with Crippen LogP contribution in [0.4, 0.5) is 5.69 Å². The summed E-state index contributed by atoms with van der Waals surface area (Å²) in [4.78, 5) is 0. The third kappa shape index (κ3) is 2.21. The van der Waals surface area contributed by atoms with Crippen LogP contribution >= 0.6 is 0 Å². The molecule has 1 aromatic carbocycles. The Balaban J connectivity index is 2.37. The highest BCUT2D eigenvalue weighted by Crippen LogP contribution is 2.35. The molecule has 0 spiro atoms. The topological polar surface area (TPSA) is 45.0 Å². The molecule has 90 valence electrons. The van der Waals surface area contributed by atoms with Crippen LogP contribution in [0.25, 0.3) is 0 Å². The molecule has 1 N–H and O–H groups in total.